The number of rotatable bonds is 2. The first-order valence-corrected chi connectivity index (χ1v) is 7.61. The number of likely N-dealkylation sites (tertiary alicyclic amines) is 1. The molecule has 110 valence electrons. The summed E-state index contributed by atoms with van der Waals surface area (Å²) < 4.78 is 5.28. The highest BCUT2D eigenvalue weighted by Gasteiger charge is 2.65. The molecule has 0 radical (unpaired) electrons. The van der Waals surface area contributed by atoms with E-state index in [0.717, 1.165) is 25.9 Å². The molecule has 1 aromatic rings. The third-order valence-corrected chi connectivity index (χ3v) is 4.82. The van der Waals surface area contributed by atoms with E-state index in [4.69, 9.17) is 4.52 Å². The average Bonchev–Trinajstić information content (AvgIpc) is 2.89. The highest BCUT2D eigenvalue weighted by atomic mass is 16.5. The second kappa shape index (κ2) is 4.86. The van der Waals surface area contributed by atoms with Gasteiger partial charge in [-0.05, 0) is 25.2 Å². The molecule has 2 fully saturated rings. The molecule has 1 aliphatic carbocycles. The molecule has 3 rings (SSSR count). The molecule has 0 spiro atoms. The van der Waals surface area contributed by atoms with Gasteiger partial charge in [-0.3, -0.25) is 4.79 Å². The molecule has 1 aromatic heterocycles. The maximum atomic E-state index is 12.8. The van der Waals surface area contributed by atoms with Crippen molar-refractivity contribution in [2.75, 3.05) is 13.1 Å². The van der Waals surface area contributed by atoms with E-state index < -0.39 is 0 Å². The number of hydrogen-bond acceptors (Lipinski definition) is 4. The molecule has 0 aromatic carbocycles. The summed E-state index contributed by atoms with van der Waals surface area (Å²) in [6.45, 7) is 7.87. The Bertz CT molecular complexity index is 501. The van der Waals surface area contributed by atoms with E-state index in [9.17, 15) is 4.79 Å². The minimum Gasteiger partial charge on any atom is -0.342 e. The van der Waals surface area contributed by atoms with Crippen LogP contribution in [0.2, 0.25) is 0 Å². The van der Waals surface area contributed by atoms with E-state index in [1.165, 1.54) is 12.8 Å². The number of nitrogens with zero attached hydrogens (tertiary/aromatic N) is 3. The smallest absolute Gasteiger partial charge is 0.231 e. The molecule has 1 aliphatic heterocycles. The zero-order chi connectivity index (χ0) is 14.3. The molecule has 5 nitrogen and oxygen atoms in total. The van der Waals surface area contributed by atoms with Crippen molar-refractivity contribution in [3.05, 3.63) is 11.7 Å². The number of amides is 1. The fraction of sp³-hybridized carbons (Fsp3) is 0.800. The predicted molar refractivity (Wildman–Crippen MR) is 74.1 cm³/mol. The van der Waals surface area contributed by atoms with Gasteiger partial charge in [0.05, 0.1) is 11.8 Å². The Morgan fingerprint density at radius 1 is 1.25 bits per heavy atom. The van der Waals surface area contributed by atoms with E-state index in [1.807, 2.05) is 11.8 Å². The van der Waals surface area contributed by atoms with Crippen LogP contribution in [0.4, 0.5) is 0 Å². The lowest BCUT2D eigenvalue weighted by molar-refractivity contribution is -0.133. The lowest BCUT2D eigenvalue weighted by Crippen LogP contribution is -2.34. The molecule has 2 atom stereocenters. The van der Waals surface area contributed by atoms with Crippen molar-refractivity contribution in [2.45, 2.75) is 52.4 Å². The van der Waals surface area contributed by atoms with Gasteiger partial charge in [-0.15, -0.1) is 0 Å². The monoisotopic (exact) mass is 277 g/mol. The van der Waals surface area contributed by atoms with Crippen molar-refractivity contribution in [3.8, 4) is 0 Å². The van der Waals surface area contributed by atoms with E-state index in [2.05, 4.69) is 24.0 Å². The van der Waals surface area contributed by atoms with Gasteiger partial charge in [0.25, 0.3) is 0 Å². The highest BCUT2D eigenvalue weighted by Crippen LogP contribution is 2.64. The summed E-state index contributed by atoms with van der Waals surface area (Å²) in [7, 11) is 0. The van der Waals surface area contributed by atoms with Crippen LogP contribution in [0.1, 0.15) is 57.2 Å². The third kappa shape index (κ3) is 2.23. The Labute approximate surface area is 119 Å². The maximum absolute atomic E-state index is 12.8. The summed E-state index contributed by atoms with van der Waals surface area (Å²) in [5, 5.41) is 3.85. The molecule has 20 heavy (non-hydrogen) atoms. The Balaban J connectivity index is 1.75. The lowest BCUT2D eigenvalue weighted by atomic mass is 10.1. The standard InChI is InChI=1S/C15H23N3O2/c1-10-16-13(20-17-10)11-12(15(11,2)3)14(19)18-8-6-4-5-7-9-18/h11-12H,4-9H2,1-3H3/t11-,12+/m0/s1. The first-order chi connectivity index (χ1) is 9.51. The van der Waals surface area contributed by atoms with E-state index in [-0.39, 0.29) is 23.2 Å². The first-order valence-electron chi connectivity index (χ1n) is 7.61. The summed E-state index contributed by atoms with van der Waals surface area (Å²) >= 11 is 0. The Morgan fingerprint density at radius 2 is 1.90 bits per heavy atom. The molecule has 2 aliphatic rings. The van der Waals surface area contributed by atoms with Crippen LogP contribution in [0.25, 0.3) is 0 Å². The molecule has 2 heterocycles. The van der Waals surface area contributed by atoms with E-state index in [0.29, 0.717) is 11.7 Å². The fourth-order valence-electron chi connectivity index (χ4n) is 3.49. The van der Waals surface area contributed by atoms with Gasteiger partial charge < -0.3 is 9.42 Å². The lowest BCUT2D eigenvalue weighted by Gasteiger charge is -2.21. The van der Waals surface area contributed by atoms with Crippen molar-refractivity contribution in [2.24, 2.45) is 11.3 Å². The normalized spacial score (nSPS) is 29.1. The molecule has 0 unspecified atom stereocenters. The second-order valence-corrected chi connectivity index (χ2v) is 6.70. The maximum Gasteiger partial charge on any atom is 0.231 e. The number of aromatic nitrogens is 2. The van der Waals surface area contributed by atoms with Crippen LogP contribution >= 0.6 is 0 Å². The number of aryl methyl sites for hydroxylation is 1. The minimum absolute atomic E-state index is 0.000417. The molecule has 1 amide bonds. The Hall–Kier alpha value is -1.39. The SMILES string of the molecule is Cc1noc([C@@H]2[C@H](C(=O)N3CCCCCC3)C2(C)C)n1. The van der Waals surface area contributed by atoms with E-state index in [1.54, 1.807) is 0 Å². The van der Waals surface area contributed by atoms with Crippen LogP contribution in [0.5, 0.6) is 0 Å². The van der Waals surface area contributed by atoms with Crippen LogP contribution in [0.15, 0.2) is 4.52 Å². The molecule has 0 N–H and O–H groups in total. The van der Waals surface area contributed by atoms with Gasteiger partial charge in [0.1, 0.15) is 0 Å². The predicted octanol–water partition coefficient (Wildman–Crippen LogP) is 2.52. The number of carbonyl (C=O) groups excluding carboxylic acids is 1. The van der Waals surface area contributed by atoms with Gasteiger partial charge in [0, 0.05) is 13.1 Å². The molecular weight excluding hydrogens is 254 g/mol. The summed E-state index contributed by atoms with van der Waals surface area (Å²) in [6, 6.07) is 0. The zero-order valence-electron chi connectivity index (χ0n) is 12.6. The molecular formula is C15H23N3O2. The summed E-state index contributed by atoms with van der Waals surface area (Å²) in [6.07, 6.45) is 4.74. The zero-order valence-corrected chi connectivity index (χ0v) is 12.6. The topological polar surface area (TPSA) is 59.2 Å². The van der Waals surface area contributed by atoms with Gasteiger partial charge in [-0.1, -0.05) is 31.8 Å². The van der Waals surface area contributed by atoms with Crippen molar-refractivity contribution < 1.29 is 9.32 Å². The first kappa shape index (κ1) is 13.6. The minimum atomic E-state index is -0.0671. The largest absolute Gasteiger partial charge is 0.342 e. The molecule has 1 saturated heterocycles. The molecule has 0 bridgehead atoms. The number of carbonyl (C=O) groups is 1. The van der Waals surface area contributed by atoms with E-state index >= 15 is 0 Å². The van der Waals surface area contributed by atoms with Crippen LogP contribution in [0.3, 0.4) is 0 Å². The van der Waals surface area contributed by atoms with Crippen molar-refractivity contribution in [1.29, 1.82) is 0 Å². The van der Waals surface area contributed by atoms with Gasteiger partial charge in [0.15, 0.2) is 5.82 Å². The summed E-state index contributed by atoms with van der Waals surface area (Å²) in [4.78, 5) is 19.1. The van der Waals surface area contributed by atoms with Gasteiger partial charge in [0.2, 0.25) is 11.8 Å². The number of hydrogen-bond donors (Lipinski definition) is 0. The van der Waals surface area contributed by atoms with Crippen LogP contribution in [-0.2, 0) is 4.79 Å². The Kier molecular flexibility index (Phi) is 3.30. The van der Waals surface area contributed by atoms with Crippen LogP contribution in [0, 0.1) is 18.3 Å². The third-order valence-electron chi connectivity index (χ3n) is 4.82. The van der Waals surface area contributed by atoms with Gasteiger partial charge in [-0.25, -0.2) is 0 Å². The Morgan fingerprint density at radius 3 is 2.45 bits per heavy atom. The van der Waals surface area contributed by atoms with Gasteiger partial charge in [-0.2, -0.15) is 4.98 Å². The van der Waals surface area contributed by atoms with Crippen molar-refractivity contribution >= 4 is 5.91 Å². The quantitative estimate of drug-likeness (QED) is 0.833. The van der Waals surface area contributed by atoms with Crippen LogP contribution in [-0.4, -0.2) is 34.0 Å². The van der Waals surface area contributed by atoms with Gasteiger partial charge >= 0.3 is 0 Å². The average molecular weight is 277 g/mol. The molecule has 1 saturated carbocycles. The second-order valence-electron chi connectivity index (χ2n) is 6.70. The summed E-state index contributed by atoms with van der Waals surface area (Å²) in [5.41, 5.74) is -0.0671. The van der Waals surface area contributed by atoms with Crippen LogP contribution < -0.4 is 0 Å². The van der Waals surface area contributed by atoms with Crippen molar-refractivity contribution in [3.63, 3.8) is 0 Å². The summed E-state index contributed by atoms with van der Waals surface area (Å²) in [5.74, 6) is 1.63. The fourth-order valence-corrected chi connectivity index (χ4v) is 3.49. The highest BCUT2D eigenvalue weighted by molar-refractivity contribution is 5.84. The molecule has 5 heteroatoms. The van der Waals surface area contributed by atoms with Crippen molar-refractivity contribution in [1.82, 2.24) is 15.0 Å².